The predicted molar refractivity (Wildman–Crippen MR) is 112 cm³/mol. The highest BCUT2D eigenvalue weighted by atomic mass is 32.2. The molecule has 3 aromatic heterocycles. The van der Waals surface area contributed by atoms with Crippen LogP contribution in [0.15, 0.2) is 34.2 Å². The standard InChI is InChI=1S/C21H23F3N6OS/c1-13-17(31-12-25-13)18-27-28-19(29(18)2)32-8-4-7-30-10-14-9-20(14,11-30)15-5-3-6-16(26-15)21(22,23)24/h3,5-6,12,14H,4,7-11H2,1-2H3/t14?,20-/m1/s1. The summed E-state index contributed by atoms with van der Waals surface area (Å²) in [4.78, 5) is 10.4. The van der Waals surface area contributed by atoms with Crippen LogP contribution in [0.25, 0.3) is 11.6 Å². The van der Waals surface area contributed by atoms with E-state index in [4.69, 9.17) is 4.42 Å². The number of hydrogen-bond acceptors (Lipinski definition) is 7. The zero-order valence-corrected chi connectivity index (χ0v) is 18.6. The van der Waals surface area contributed by atoms with Gasteiger partial charge in [-0.25, -0.2) is 9.97 Å². The van der Waals surface area contributed by atoms with Gasteiger partial charge in [-0.3, -0.25) is 0 Å². The number of likely N-dealkylation sites (tertiary alicyclic amines) is 1. The first-order chi connectivity index (χ1) is 15.3. The number of piperidine rings is 1. The van der Waals surface area contributed by atoms with Crippen LogP contribution in [0.1, 0.15) is 29.9 Å². The van der Waals surface area contributed by atoms with Gasteiger partial charge in [0.2, 0.25) is 5.82 Å². The van der Waals surface area contributed by atoms with Gasteiger partial charge >= 0.3 is 6.18 Å². The lowest BCUT2D eigenvalue weighted by molar-refractivity contribution is -0.141. The van der Waals surface area contributed by atoms with E-state index in [1.807, 2.05) is 18.5 Å². The fraction of sp³-hybridized carbons (Fsp3) is 0.524. The van der Waals surface area contributed by atoms with Crippen molar-refractivity contribution in [3.05, 3.63) is 41.7 Å². The van der Waals surface area contributed by atoms with E-state index in [0.29, 0.717) is 23.2 Å². The number of aromatic nitrogens is 5. The monoisotopic (exact) mass is 464 g/mol. The lowest BCUT2D eigenvalue weighted by Crippen LogP contribution is -2.28. The summed E-state index contributed by atoms with van der Waals surface area (Å²) >= 11 is 1.63. The molecule has 3 aromatic rings. The summed E-state index contributed by atoms with van der Waals surface area (Å²) in [6.07, 6.45) is -1.13. The minimum atomic E-state index is -4.40. The topological polar surface area (TPSA) is 72.9 Å². The molecule has 1 aliphatic heterocycles. The lowest BCUT2D eigenvalue weighted by atomic mass is 10.0. The number of pyridine rings is 1. The maximum absolute atomic E-state index is 13.0. The van der Waals surface area contributed by atoms with Crippen LogP contribution in [-0.2, 0) is 18.6 Å². The number of aryl methyl sites for hydroxylation is 1. The van der Waals surface area contributed by atoms with Gasteiger partial charge in [0.05, 0.1) is 5.69 Å². The molecule has 2 fully saturated rings. The number of halogens is 3. The second-order valence-corrected chi connectivity index (χ2v) is 9.59. The Kier molecular flexibility index (Phi) is 5.28. The van der Waals surface area contributed by atoms with E-state index in [1.54, 1.807) is 17.8 Å². The van der Waals surface area contributed by atoms with Crippen LogP contribution in [-0.4, -0.2) is 55.0 Å². The van der Waals surface area contributed by atoms with Crippen LogP contribution in [0.5, 0.6) is 0 Å². The van der Waals surface area contributed by atoms with Crippen LogP contribution in [0, 0.1) is 12.8 Å². The van der Waals surface area contributed by atoms with Crippen molar-refractivity contribution >= 4 is 11.8 Å². The van der Waals surface area contributed by atoms with Crippen molar-refractivity contribution in [3.63, 3.8) is 0 Å². The molecule has 5 rings (SSSR count). The van der Waals surface area contributed by atoms with E-state index in [0.717, 1.165) is 55.1 Å². The third-order valence-corrected chi connectivity index (χ3v) is 7.51. The van der Waals surface area contributed by atoms with Crippen LogP contribution in [0.3, 0.4) is 0 Å². The largest absolute Gasteiger partial charge is 0.440 e. The van der Waals surface area contributed by atoms with Crippen LogP contribution in [0.4, 0.5) is 13.2 Å². The van der Waals surface area contributed by atoms with Crippen molar-refractivity contribution in [3.8, 4) is 11.6 Å². The molecule has 0 spiro atoms. The molecule has 0 radical (unpaired) electrons. The fourth-order valence-electron chi connectivity index (χ4n) is 4.63. The molecule has 0 amide bonds. The quantitative estimate of drug-likeness (QED) is 0.387. The molecule has 7 nitrogen and oxygen atoms in total. The molecule has 2 atom stereocenters. The lowest BCUT2D eigenvalue weighted by Gasteiger charge is -2.21. The van der Waals surface area contributed by atoms with E-state index in [9.17, 15) is 13.2 Å². The predicted octanol–water partition coefficient (Wildman–Crippen LogP) is 3.95. The molecule has 1 aliphatic carbocycles. The summed E-state index contributed by atoms with van der Waals surface area (Å²) in [5, 5.41) is 9.28. The highest BCUT2D eigenvalue weighted by molar-refractivity contribution is 7.99. The summed E-state index contributed by atoms with van der Waals surface area (Å²) in [7, 11) is 1.90. The molecular formula is C21H23F3N6OS. The molecule has 32 heavy (non-hydrogen) atoms. The second kappa shape index (κ2) is 7.87. The van der Waals surface area contributed by atoms with E-state index in [-0.39, 0.29) is 5.41 Å². The molecule has 11 heteroatoms. The van der Waals surface area contributed by atoms with Crippen molar-refractivity contribution in [1.82, 2.24) is 29.6 Å². The number of rotatable bonds is 7. The van der Waals surface area contributed by atoms with Crippen LogP contribution in [0.2, 0.25) is 0 Å². The molecule has 1 saturated carbocycles. The molecule has 2 aliphatic rings. The average Bonchev–Trinajstić information content (AvgIpc) is 3.05. The summed E-state index contributed by atoms with van der Waals surface area (Å²) in [5.74, 6) is 2.55. The van der Waals surface area contributed by atoms with E-state index in [2.05, 4.69) is 25.1 Å². The highest BCUT2D eigenvalue weighted by Gasteiger charge is 2.61. The highest BCUT2D eigenvalue weighted by Crippen LogP contribution is 2.58. The van der Waals surface area contributed by atoms with Crippen LogP contribution < -0.4 is 0 Å². The molecule has 1 unspecified atom stereocenters. The molecule has 0 aromatic carbocycles. The Labute approximate surface area is 187 Å². The van der Waals surface area contributed by atoms with Gasteiger partial charge in [0, 0.05) is 37.0 Å². The summed E-state index contributed by atoms with van der Waals surface area (Å²) < 4.78 is 46.5. The second-order valence-electron chi connectivity index (χ2n) is 8.53. The third-order valence-electron chi connectivity index (χ3n) is 6.40. The van der Waals surface area contributed by atoms with Crippen molar-refractivity contribution in [2.75, 3.05) is 25.4 Å². The average molecular weight is 465 g/mol. The summed E-state index contributed by atoms with van der Waals surface area (Å²) in [5.41, 5.74) is 0.354. The third kappa shape index (κ3) is 3.81. The SMILES string of the molecule is Cc1ncoc1-c1nnc(SCCCN2CC3C[C@@]3(c3cccc(C(F)(F)F)n3)C2)n1C. The maximum Gasteiger partial charge on any atom is 0.433 e. The number of oxazole rings is 1. The number of hydrogen-bond donors (Lipinski definition) is 0. The first-order valence-electron chi connectivity index (χ1n) is 10.5. The number of thioether (sulfide) groups is 1. The van der Waals surface area contributed by atoms with Gasteiger partial charge in [-0.1, -0.05) is 17.8 Å². The molecule has 0 bridgehead atoms. The van der Waals surface area contributed by atoms with E-state index < -0.39 is 11.9 Å². The minimum absolute atomic E-state index is 0.207. The maximum atomic E-state index is 13.0. The Balaban J connectivity index is 1.14. The molecule has 4 heterocycles. The van der Waals surface area contributed by atoms with Gasteiger partial charge in [0.25, 0.3) is 0 Å². The van der Waals surface area contributed by atoms with E-state index in [1.165, 1.54) is 12.5 Å². The van der Waals surface area contributed by atoms with Crippen molar-refractivity contribution < 1.29 is 17.6 Å². The van der Waals surface area contributed by atoms with Gasteiger partial charge in [-0.15, -0.1) is 10.2 Å². The number of nitrogens with zero attached hydrogens (tertiary/aromatic N) is 6. The molecular weight excluding hydrogens is 441 g/mol. The molecule has 1 saturated heterocycles. The van der Waals surface area contributed by atoms with Crippen LogP contribution >= 0.6 is 11.8 Å². The van der Waals surface area contributed by atoms with E-state index >= 15 is 0 Å². The number of alkyl halides is 3. The Morgan fingerprint density at radius 2 is 2.12 bits per heavy atom. The Hall–Kier alpha value is -2.40. The first kappa shape index (κ1) is 21.4. The van der Waals surface area contributed by atoms with Crippen molar-refractivity contribution in [2.24, 2.45) is 13.0 Å². The molecule has 170 valence electrons. The Morgan fingerprint density at radius 1 is 1.28 bits per heavy atom. The zero-order valence-electron chi connectivity index (χ0n) is 17.8. The normalized spacial score (nSPS) is 23.0. The first-order valence-corrected chi connectivity index (χ1v) is 11.5. The number of fused-ring (bicyclic) bond motifs is 1. The summed E-state index contributed by atoms with van der Waals surface area (Å²) in [6.45, 7) is 4.45. The fourth-order valence-corrected chi connectivity index (χ4v) is 5.47. The van der Waals surface area contributed by atoms with Crippen molar-refractivity contribution in [2.45, 2.75) is 36.5 Å². The van der Waals surface area contributed by atoms with Gasteiger partial charge < -0.3 is 13.9 Å². The van der Waals surface area contributed by atoms with Gasteiger partial charge in [-0.2, -0.15) is 13.2 Å². The Bertz CT molecular complexity index is 1130. The van der Waals surface area contributed by atoms with Gasteiger partial charge in [0.1, 0.15) is 5.69 Å². The van der Waals surface area contributed by atoms with Crippen molar-refractivity contribution in [1.29, 1.82) is 0 Å². The van der Waals surface area contributed by atoms with Gasteiger partial charge in [-0.05, 0) is 44.4 Å². The Morgan fingerprint density at radius 3 is 2.88 bits per heavy atom. The zero-order chi connectivity index (χ0) is 22.5. The summed E-state index contributed by atoms with van der Waals surface area (Å²) in [6, 6.07) is 4.27. The molecule has 0 N–H and O–H groups in total. The smallest absolute Gasteiger partial charge is 0.433 e. The minimum Gasteiger partial charge on any atom is -0.440 e. The van der Waals surface area contributed by atoms with Gasteiger partial charge in [0.15, 0.2) is 17.3 Å².